The van der Waals surface area contributed by atoms with Gasteiger partial charge in [-0.2, -0.15) is 0 Å². The maximum atomic E-state index is 13.1. The third kappa shape index (κ3) is 29.5. The van der Waals surface area contributed by atoms with Gasteiger partial charge in [-0.15, -0.1) is 0 Å². The Bertz CT molecular complexity index is 995. The molecule has 7 N–H and O–H groups in total. The zero-order chi connectivity index (χ0) is 43.2. The molecule has 0 aromatic rings. The van der Waals surface area contributed by atoms with Gasteiger partial charge in [0.25, 0.3) is 0 Å². The van der Waals surface area contributed by atoms with Crippen molar-refractivity contribution in [3.8, 4) is 0 Å². The Hall–Kier alpha value is -1.37. The van der Waals surface area contributed by atoms with E-state index < -0.39 is 61.5 Å². The average molecular weight is 840 g/mol. The van der Waals surface area contributed by atoms with Crippen LogP contribution in [0.15, 0.2) is 24.3 Å². The number of hydrogen-bond donors (Lipinski definition) is 7. The second-order valence-corrected chi connectivity index (χ2v) is 17.4. The van der Waals surface area contributed by atoms with Crippen molar-refractivity contribution in [1.82, 2.24) is 5.32 Å². The van der Waals surface area contributed by atoms with Crippen molar-refractivity contribution < 1.29 is 44.9 Å². The summed E-state index contributed by atoms with van der Waals surface area (Å²) in [7, 11) is 0. The monoisotopic (exact) mass is 840 g/mol. The molecule has 1 fully saturated rings. The van der Waals surface area contributed by atoms with E-state index in [9.17, 15) is 35.4 Å². The van der Waals surface area contributed by atoms with Crippen molar-refractivity contribution >= 4 is 5.91 Å². The van der Waals surface area contributed by atoms with Crippen LogP contribution in [-0.2, 0) is 14.3 Å². The van der Waals surface area contributed by atoms with Crippen molar-refractivity contribution in [2.24, 2.45) is 0 Å². The lowest BCUT2D eigenvalue weighted by molar-refractivity contribution is -0.302. The predicted octanol–water partition coefficient (Wildman–Crippen LogP) is 9.64. The topological polar surface area (TPSA) is 169 Å². The Labute approximate surface area is 361 Å². The van der Waals surface area contributed by atoms with Crippen LogP contribution in [0.4, 0.5) is 0 Å². The number of carbonyl (C=O) groups is 1. The molecule has 0 spiro atoms. The van der Waals surface area contributed by atoms with E-state index in [0.29, 0.717) is 12.8 Å². The number of aliphatic hydroxyl groups excluding tert-OH is 6. The van der Waals surface area contributed by atoms with E-state index in [2.05, 4.69) is 31.3 Å². The third-order valence-corrected chi connectivity index (χ3v) is 11.9. The zero-order valence-corrected chi connectivity index (χ0v) is 37.9. The van der Waals surface area contributed by atoms with Crippen LogP contribution in [0.2, 0.25) is 0 Å². The van der Waals surface area contributed by atoms with Gasteiger partial charge >= 0.3 is 0 Å². The van der Waals surface area contributed by atoms with Crippen LogP contribution >= 0.6 is 0 Å². The second-order valence-electron chi connectivity index (χ2n) is 17.4. The summed E-state index contributed by atoms with van der Waals surface area (Å²) in [5, 5.41) is 64.8. The number of allylic oxidation sites excluding steroid dienone is 3. The van der Waals surface area contributed by atoms with Crippen LogP contribution in [0.3, 0.4) is 0 Å². The minimum Gasteiger partial charge on any atom is -0.394 e. The number of rotatable bonds is 41. The number of ether oxygens (including phenoxy) is 2. The van der Waals surface area contributed by atoms with Crippen molar-refractivity contribution in [3.63, 3.8) is 0 Å². The summed E-state index contributed by atoms with van der Waals surface area (Å²) in [6.45, 7) is 3.61. The molecule has 1 amide bonds. The SMILES string of the molecule is CCCCCCCCCCC/C=C\CCCCCCC(O)C(=O)NC(COC1OC(CO)C(O)C(O)C1O)C(O)/C=C/CCCCCCCCCCCCCCCCC. The second kappa shape index (κ2) is 39.5. The van der Waals surface area contributed by atoms with Gasteiger partial charge in [-0.05, 0) is 44.9 Å². The van der Waals surface area contributed by atoms with E-state index in [1.807, 2.05) is 6.08 Å². The van der Waals surface area contributed by atoms with E-state index >= 15 is 0 Å². The van der Waals surface area contributed by atoms with Crippen molar-refractivity contribution in [1.29, 1.82) is 0 Å². The lowest BCUT2D eigenvalue weighted by Gasteiger charge is -2.40. The highest BCUT2D eigenvalue weighted by molar-refractivity contribution is 5.80. The molecule has 59 heavy (non-hydrogen) atoms. The highest BCUT2D eigenvalue weighted by Gasteiger charge is 2.44. The Balaban J connectivity index is 2.40. The molecule has 8 unspecified atom stereocenters. The van der Waals surface area contributed by atoms with Crippen LogP contribution in [-0.4, -0.2) is 98.7 Å². The minimum absolute atomic E-state index is 0.297. The first-order chi connectivity index (χ1) is 28.8. The van der Waals surface area contributed by atoms with Gasteiger partial charge in [0.1, 0.15) is 30.5 Å². The molecule has 1 aliphatic rings. The Morgan fingerprint density at radius 1 is 0.576 bits per heavy atom. The first-order valence-electron chi connectivity index (χ1n) is 24.7. The molecule has 10 heteroatoms. The van der Waals surface area contributed by atoms with Gasteiger partial charge in [-0.25, -0.2) is 0 Å². The largest absolute Gasteiger partial charge is 0.394 e. The molecule has 10 nitrogen and oxygen atoms in total. The highest BCUT2D eigenvalue weighted by atomic mass is 16.7. The molecule has 348 valence electrons. The number of amides is 1. The van der Waals surface area contributed by atoms with Crippen molar-refractivity contribution in [3.05, 3.63) is 24.3 Å². The number of unbranched alkanes of at least 4 members (excludes halogenated alkanes) is 28. The van der Waals surface area contributed by atoms with Gasteiger partial charge < -0.3 is 45.4 Å². The molecule has 1 aliphatic heterocycles. The minimum atomic E-state index is -1.61. The molecule has 0 aromatic carbocycles. The average Bonchev–Trinajstić information content (AvgIpc) is 3.23. The lowest BCUT2D eigenvalue weighted by atomic mass is 9.99. The zero-order valence-electron chi connectivity index (χ0n) is 37.9. The fraction of sp³-hybridized carbons (Fsp3) is 0.898. The number of aliphatic hydroxyl groups is 6. The number of nitrogens with one attached hydrogen (secondary N) is 1. The van der Waals surface area contributed by atoms with E-state index in [4.69, 9.17) is 9.47 Å². The van der Waals surface area contributed by atoms with E-state index in [1.54, 1.807) is 6.08 Å². The third-order valence-electron chi connectivity index (χ3n) is 11.9. The summed E-state index contributed by atoms with van der Waals surface area (Å²) in [6.07, 6.45) is 36.9. The Morgan fingerprint density at radius 2 is 0.983 bits per heavy atom. The fourth-order valence-electron chi connectivity index (χ4n) is 7.80. The predicted molar refractivity (Wildman–Crippen MR) is 241 cm³/mol. The molecule has 0 aromatic heterocycles. The molecule has 8 atom stereocenters. The first-order valence-corrected chi connectivity index (χ1v) is 24.7. The Morgan fingerprint density at radius 3 is 1.42 bits per heavy atom. The van der Waals surface area contributed by atoms with Crippen molar-refractivity contribution in [2.45, 2.75) is 268 Å². The van der Waals surface area contributed by atoms with E-state index in [1.165, 1.54) is 141 Å². The lowest BCUT2D eigenvalue weighted by Crippen LogP contribution is -2.60. The first kappa shape index (κ1) is 55.6. The van der Waals surface area contributed by atoms with Crippen LogP contribution in [0.5, 0.6) is 0 Å². The highest BCUT2D eigenvalue weighted by Crippen LogP contribution is 2.23. The fourth-order valence-corrected chi connectivity index (χ4v) is 7.80. The van der Waals surface area contributed by atoms with Gasteiger partial charge in [0, 0.05) is 0 Å². The van der Waals surface area contributed by atoms with Crippen LogP contribution in [0.25, 0.3) is 0 Å². The normalized spacial score (nSPS) is 21.4. The summed E-state index contributed by atoms with van der Waals surface area (Å²) in [6, 6.07) is -0.982. The molecule has 0 aliphatic carbocycles. The maximum absolute atomic E-state index is 13.1. The molecular weight excluding hydrogens is 747 g/mol. The van der Waals surface area contributed by atoms with Crippen molar-refractivity contribution in [2.75, 3.05) is 13.2 Å². The van der Waals surface area contributed by atoms with Crippen LogP contribution in [0, 0.1) is 0 Å². The summed E-state index contributed by atoms with van der Waals surface area (Å²) < 4.78 is 11.1. The molecular formula is C49H93NO9. The standard InChI is InChI=1S/C49H93NO9/c1-3-5-7-9-11-13-15-17-19-21-23-25-27-29-31-33-35-37-42(52)41(40-58-49-47(56)46(55)45(54)44(39-51)59-49)50-48(57)43(53)38-36-34-32-30-28-26-24-22-20-18-16-14-12-10-8-6-4-2/h24,26,35,37,41-47,49,51-56H,3-23,25,27-34,36,38-40H2,1-2H3,(H,50,57)/b26-24-,37-35+. The summed E-state index contributed by atoms with van der Waals surface area (Å²) in [4.78, 5) is 13.1. The molecule has 1 heterocycles. The summed E-state index contributed by atoms with van der Waals surface area (Å²) in [5.41, 5.74) is 0. The van der Waals surface area contributed by atoms with Gasteiger partial charge in [0.05, 0.1) is 25.4 Å². The Kier molecular flexibility index (Phi) is 37.2. The van der Waals surface area contributed by atoms with E-state index in [0.717, 1.165) is 51.4 Å². The van der Waals surface area contributed by atoms with Gasteiger partial charge in [0.2, 0.25) is 5.91 Å². The van der Waals surface area contributed by atoms with Gasteiger partial charge in [-0.1, -0.05) is 199 Å². The number of carbonyl (C=O) groups excluding carboxylic acids is 1. The smallest absolute Gasteiger partial charge is 0.249 e. The molecule has 1 rings (SSSR count). The molecule has 0 bridgehead atoms. The van der Waals surface area contributed by atoms with Crippen LogP contribution < -0.4 is 5.32 Å². The summed E-state index contributed by atoms with van der Waals surface area (Å²) in [5.74, 6) is -0.623. The van der Waals surface area contributed by atoms with Gasteiger partial charge in [-0.3, -0.25) is 4.79 Å². The maximum Gasteiger partial charge on any atom is 0.249 e. The van der Waals surface area contributed by atoms with E-state index in [-0.39, 0.29) is 6.61 Å². The molecule has 0 radical (unpaired) electrons. The summed E-state index contributed by atoms with van der Waals surface area (Å²) >= 11 is 0. The van der Waals surface area contributed by atoms with Crippen LogP contribution in [0.1, 0.15) is 219 Å². The quantitative estimate of drug-likeness (QED) is 0.0234. The van der Waals surface area contributed by atoms with Gasteiger partial charge in [0.15, 0.2) is 6.29 Å². The molecule has 0 saturated carbocycles. The number of hydrogen-bond acceptors (Lipinski definition) is 9. The molecule has 1 saturated heterocycles.